The van der Waals surface area contributed by atoms with E-state index in [1.54, 1.807) is 0 Å². The van der Waals surface area contributed by atoms with Gasteiger partial charge < -0.3 is 32.7 Å². The molecule has 0 aliphatic carbocycles. The Kier molecular flexibility index (Phi) is 18.8. The third-order valence-electron chi connectivity index (χ3n) is 2.54. The summed E-state index contributed by atoms with van der Waals surface area (Å²) in [6, 6.07) is -0.643. The molecule has 12 nitrogen and oxygen atoms in total. The summed E-state index contributed by atoms with van der Waals surface area (Å²) < 4.78 is 0. The van der Waals surface area contributed by atoms with Gasteiger partial charge in [0.1, 0.15) is 0 Å². The smallest absolute Gasteiger partial charge is 0.317 e. The zero-order valence-corrected chi connectivity index (χ0v) is 16.5. The van der Waals surface area contributed by atoms with Crippen molar-refractivity contribution in [1.29, 1.82) is 0 Å². The minimum Gasteiger partial charge on any atom is -0.480 e. The first kappa shape index (κ1) is 30.2. The Morgan fingerprint density at radius 1 is 0.750 bits per heavy atom. The van der Waals surface area contributed by atoms with Crippen LogP contribution in [-0.4, -0.2) is 92.9 Å². The minimum absolute atomic E-state index is 0. The molecule has 10 N–H and O–H groups in total. The van der Waals surface area contributed by atoms with Gasteiger partial charge in [-0.2, -0.15) is 0 Å². The number of hydrogen-bond acceptors (Lipinski definition) is 8. The quantitative estimate of drug-likeness (QED) is 0.219. The third-order valence-corrected chi connectivity index (χ3v) is 2.54. The van der Waals surface area contributed by atoms with Crippen LogP contribution in [0.4, 0.5) is 0 Å². The molecule has 0 amide bonds. The number of rotatable bonds is 11. The van der Waals surface area contributed by atoms with Crippen LogP contribution in [0.25, 0.3) is 0 Å². The number of carbonyl (C=O) groups is 4. The fraction of sp³-hybridized carbons (Fsp3) is 0.636. The van der Waals surface area contributed by atoms with Crippen LogP contribution in [0.2, 0.25) is 0 Å². The number of carboxylic acids is 4. The van der Waals surface area contributed by atoms with Gasteiger partial charge in [-0.25, -0.2) is 0 Å². The molecule has 0 aromatic heterocycles. The maximum atomic E-state index is 10.7. The molecule has 0 saturated carbocycles. The van der Waals surface area contributed by atoms with Crippen molar-refractivity contribution < 1.29 is 59.1 Å². The van der Waals surface area contributed by atoms with Crippen LogP contribution in [0.5, 0.6) is 0 Å². The normalized spacial score (nSPS) is 10.8. The van der Waals surface area contributed by atoms with E-state index in [1.807, 2.05) is 0 Å². The number of aliphatic carboxylic acids is 4. The fourth-order valence-electron chi connectivity index (χ4n) is 1.77. The molecule has 13 heteroatoms. The molecule has 138 valence electrons. The van der Waals surface area contributed by atoms with Gasteiger partial charge >= 0.3 is 23.9 Å². The third kappa shape index (κ3) is 15.2. The first-order valence-corrected chi connectivity index (χ1v) is 5.95. The topological polar surface area (TPSA) is 226 Å². The van der Waals surface area contributed by atoms with E-state index < -0.39 is 56.1 Å². The summed E-state index contributed by atoms with van der Waals surface area (Å²) in [5, 5.41) is 34.9. The molecule has 0 aromatic carbocycles. The van der Waals surface area contributed by atoms with Gasteiger partial charge in [0.2, 0.25) is 0 Å². The van der Waals surface area contributed by atoms with Crippen molar-refractivity contribution >= 4 is 23.9 Å². The van der Waals surface area contributed by atoms with Crippen LogP contribution in [0.3, 0.4) is 0 Å². The molecule has 0 heterocycles. The van der Waals surface area contributed by atoms with Crippen LogP contribution in [0, 0.1) is 0 Å². The number of nitrogens with zero attached hydrogens (tertiary/aromatic N) is 2. The molecule has 1 atom stereocenters. The largest absolute Gasteiger partial charge is 0.480 e. The SMILES string of the molecule is CC(CN(CC(=O)O)CC(=O)O)N(CC(=O)O)CC(=O)O.N.N.[Zn]. The second-order valence-electron chi connectivity index (χ2n) is 4.50. The van der Waals surface area contributed by atoms with Crippen molar-refractivity contribution in [3.63, 3.8) is 0 Å². The maximum absolute atomic E-state index is 10.7. The molecule has 0 radical (unpaired) electrons. The molecule has 0 aliphatic heterocycles. The molecule has 0 bridgehead atoms. The molecule has 24 heavy (non-hydrogen) atoms. The van der Waals surface area contributed by atoms with Crippen LogP contribution in [-0.2, 0) is 38.7 Å². The van der Waals surface area contributed by atoms with E-state index in [2.05, 4.69) is 0 Å². The van der Waals surface area contributed by atoms with Gasteiger partial charge in [0.25, 0.3) is 0 Å². The summed E-state index contributed by atoms with van der Waals surface area (Å²) in [7, 11) is 0. The second-order valence-corrected chi connectivity index (χ2v) is 4.50. The predicted octanol–water partition coefficient (Wildman–Crippen LogP) is -1.36. The monoisotopic (exact) mass is 404 g/mol. The average Bonchev–Trinajstić information content (AvgIpc) is 2.24. The summed E-state index contributed by atoms with van der Waals surface area (Å²) in [6.45, 7) is -0.736. The number of carboxylic acid groups (broad SMARTS) is 4. The molecule has 1 unspecified atom stereocenters. The van der Waals surface area contributed by atoms with Crippen molar-refractivity contribution in [2.24, 2.45) is 0 Å². The van der Waals surface area contributed by atoms with Crippen molar-refractivity contribution in [1.82, 2.24) is 22.1 Å². The van der Waals surface area contributed by atoms with Gasteiger partial charge in [-0.05, 0) is 6.92 Å². The van der Waals surface area contributed by atoms with Crippen LogP contribution in [0.15, 0.2) is 0 Å². The van der Waals surface area contributed by atoms with E-state index in [9.17, 15) is 19.2 Å². The predicted molar refractivity (Wildman–Crippen MR) is 78.1 cm³/mol. The zero-order valence-electron chi connectivity index (χ0n) is 13.6. The molecule has 0 rings (SSSR count). The fourth-order valence-corrected chi connectivity index (χ4v) is 1.77. The molecule has 0 fully saturated rings. The van der Waals surface area contributed by atoms with Crippen LogP contribution in [0.1, 0.15) is 6.92 Å². The van der Waals surface area contributed by atoms with Crippen LogP contribution >= 0.6 is 0 Å². The Labute approximate surface area is 151 Å². The van der Waals surface area contributed by atoms with Crippen LogP contribution < -0.4 is 12.3 Å². The Balaban J connectivity index is -0.000000667. The Hall–Kier alpha value is -1.66. The van der Waals surface area contributed by atoms with Crippen molar-refractivity contribution in [3.05, 3.63) is 0 Å². The molecular formula is C11H24N4O8Zn. The zero-order chi connectivity index (χ0) is 16.6. The molecule has 0 spiro atoms. The number of hydrogen-bond donors (Lipinski definition) is 6. The first-order chi connectivity index (χ1) is 9.61. The molecular weight excluding hydrogens is 382 g/mol. The van der Waals surface area contributed by atoms with Gasteiger partial charge in [0.05, 0.1) is 26.2 Å². The van der Waals surface area contributed by atoms with Crippen molar-refractivity contribution in [2.45, 2.75) is 13.0 Å². The van der Waals surface area contributed by atoms with Gasteiger partial charge in [0, 0.05) is 32.1 Å². The van der Waals surface area contributed by atoms with E-state index in [1.165, 1.54) is 6.92 Å². The van der Waals surface area contributed by atoms with E-state index in [0.29, 0.717) is 0 Å². The van der Waals surface area contributed by atoms with E-state index >= 15 is 0 Å². The van der Waals surface area contributed by atoms with E-state index in [4.69, 9.17) is 20.4 Å². The van der Waals surface area contributed by atoms with Crippen molar-refractivity contribution in [3.8, 4) is 0 Å². The Bertz CT molecular complexity index is 391. The maximum Gasteiger partial charge on any atom is 0.317 e. The van der Waals surface area contributed by atoms with Gasteiger partial charge in [-0.15, -0.1) is 0 Å². The van der Waals surface area contributed by atoms with Gasteiger partial charge in [-0.3, -0.25) is 29.0 Å². The van der Waals surface area contributed by atoms with Gasteiger partial charge in [0.15, 0.2) is 0 Å². The molecule has 0 aliphatic rings. The summed E-state index contributed by atoms with van der Waals surface area (Å²) in [4.78, 5) is 44.9. The average molecular weight is 406 g/mol. The standard InChI is InChI=1S/C11H18N2O8.2H3N.Zn/c1-7(13(5-10(18)19)6-11(20)21)2-12(3-8(14)15)4-9(16)17;;;/h7H,2-6H2,1H3,(H,14,15)(H,16,17)(H,18,19)(H,20,21);2*1H3;. The van der Waals surface area contributed by atoms with Crippen molar-refractivity contribution in [2.75, 3.05) is 32.7 Å². The Morgan fingerprint density at radius 3 is 1.29 bits per heavy atom. The van der Waals surface area contributed by atoms with E-state index in [0.717, 1.165) is 9.80 Å². The second kappa shape index (κ2) is 14.9. The molecule has 0 saturated heterocycles. The summed E-state index contributed by atoms with van der Waals surface area (Å²) >= 11 is 0. The summed E-state index contributed by atoms with van der Waals surface area (Å²) in [5.74, 6) is -4.92. The minimum atomic E-state index is -1.23. The Morgan fingerprint density at radius 2 is 1.04 bits per heavy atom. The van der Waals surface area contributed by atoms with E-state index in [-0.39, 0.29) is 38.3 Å². The summed E-state index contributed by atoms with van der Waals surface area (Å²) in [6.07, 6.45) is 0. The van der Waals surface area contributed by atoms with Gasteiger partial charge in [-0.1, -0.05) is 0 Å². The molecule has 0 aromatic rings. The summed E-state index contributed by atoms with van der Waals surface area (Å²) in [5.41, 5.74) is 0. The first-order valence-electron chi connectivity index (χ1n) is 5.95.